The van der Waals surface area contributed by atoms with Crippen molar-refractivity contribution in [1.29, 1.82) is 0 Å². The van der Waals surface area contributed by atoms with E-state index in [1.54, 1.807) is 6.07 Å². The molecule has 1 aromatic rings. The summed E-state index contributed by atoms with van der Waals surface area (Å²) < 4.78 is 22.6. The molecule has 0 aliphatic heterocycles. The van der Waals surface area contributed by atoms with Crippen LogP contribution >= 0.6 is 0 Å². The Hall–Kier alpha value is -1.31. The van der Waals surface area contributed by atoms with Crippen LogP contribution in [-0.4, -0.2) is 40.0 Å². The molecule has 1 unspecified atom stereocenters. The van der Waals surface area contributed by atoms with Gasteiger partial charge in [0.05, 0.1) is 4.90 Å². The van der Waals surface area contributed by atoms with Gasteiger partial charge in [-0.25, -0.2) is 13.6 Å². The molecule has 0 saturated carbocycles. The lowest BCUT2D eigenvalue weighted by Crippen LogP contribution is -2.29. The fraction of sp³-hybridized carbons (Fsp3) is 0.455. The SMILES string of the molecule is CC(CN(C)C)Nc1cc(N)cc(S(N)(=O)=O)c1. The Labute approximate surface area is 108 Å². The molecule has 6 nitrogen and oxygen atoms in total. The van der Waals surface area contributed by atoms with Gasteiger partial charge in [-0.05, 0) is 39.2 Å². The summed E-state index contributed by atoms with van der Waals surface area (Å²) in [7, 11) is 0.194. The van der Waals surface area contributed by atoms with Gasteiger partial charge in [-0.1, -0.05) is 0 Å². The van der Waals surface area contributed by atoms with Gasteiger partial charge in [-0.3, -0.25) is 0 Å². The highest BCUT2D eigenvalue weighted by molar-refractivity contribution is 7.89. The molecule has 102 valence electrons. The molecule has 0 aliphatic rings. The molecule has 18 heavy (non-hydrogen) atoms. The summed E-state index contributed by atoms with van der Waals surface area (Å²) >= 11 is 0. The summed E-state index contributed by atoms with van der Waals surface area (Å²) in [4.78, 5) is 2.05. The van der Waals surface area contributed by atoms with Gasteiger partial charge >= 0.3 is 0 Å². The van der Waals surface area contributed by atoms with Crippen molar-refractivity contribution in [3.8, 4) is 0 Å². The first-order valence-corrected chi connectivity index (χ1v) is 7.08. The molecule has 0 radical (unpaired) electrons. The second-order valence-electron chi connectivity index (χ2n) is 4.64. The Morgan fingerprint density at radius 2 is 1.94 bits per heavy atom. The molecule has 1 rings (SSSR count). The predicted molar refractivity (Wildman–Crippen MR) is 73.9 cm³/mol. The van der Waals surface area contributed by atoms with Crippen LogP contribution in [0.3, 0.4) is 0 Å². The quantitative estimate of drug-likeness (QED) is 0.668. The minimum atomic E-state index is -3.74. The molecule has 0 fully saturated rings. The third kappa shape index (κ3) is 4.52. The van der Waals surface area contributed by atoms with E-state index in [-0.39, 0.29) is 10.9 Å². The molecule has 0 aromatic heterocycles. The molecule has 7 heteroatoms. The first-order chi connectivity index (χ1) is 8.18. The summed E-state index contributed by atoms with van der Waals surface area (Å²) in [5.74, 6) is 0. The molecule has 5 N–H and O–H groups in total. The number of hydrogen-bond donors (Lipinski definition) is 3. The van der Waals surface area contributed by atoms with Crippen molar-refractivity contribution >= 4 is 21.4 Å². The van der Waals surface area contributed by atoms with E-state index in [1.165, 1.54) is 12.1 Å². The molecule has 1 atom stereocenters. The van der Waals surface area contributed by atoms with Crippen LogP contribution in [0.4, 0.5) is 11.4 Å². The molecule has 0 saturated heterocycles. The van der Waals surface area contributed by atoms with Gasteiger partial charge in [0, 0.05) is 24.0 Å². The van der Waals surface area contributed by atoms with Crippen molar-refractivity contribution in [3.63, 3.8) is 0 Å². The van der Waals surface area contributed by atoms with Crippen LogP contribution in [0.1, 0.15) is 6.92 Å². The van der Waals surface area contributed by atoms with Crippen LogP contribution in [0.25, 0.3) is 0 Å². The Bertz CT molecular complexity index is 514. The second kappa shape index (κ2) is 5.55. The fourth-order valence-corrected chi connectivity index (χ4v) is 2.34. The second-order valence-corrected chi connectivity index (χ2v) is 6.20. The van der Waals surface area contributed by atoms with Gasteiger partial charge in [0.2, 0.25) is 10.0 Å². The maximum Gasteiger partial charge on any atom is 0.238 e. The zero-order chi connectivity index (χ0) is 13.9. The third-order valence-electron chi connectivity index (χ3n) is 2.31. The highest BCUT2D eigenvalue weighted by Crippen LogP contribution is 2.20. The molecule has 0 heterocycles. The third-order valence-corrected chi connectivity index (χ3v) is 3.20. The summed E-state index contributed by atoms with van der Waals surface area (Å²) in [5, 5.41) is 8.27. The highest BCUT2D eigenvalue weighted by atomic mass is 32.2. The van der Waals surface area contributed by atoms with Crippen molar-refractivity contribution in [2.24, 2.45) is 5.14 Å². The number of likely N-dealkylation sites (N-methyl/N-ethyl adjacent to an activating group) is 1. The molecular formula is C11H20N4O2S. The average Bonchev–Trinajstić information content (AvgIpc) is 2.13. The lowest BCUT2D eigenvalue weighted by atomic mass is 10.2. The van der Waals surface area contributed by atoms with Crippen LogP contribution in [0.2, 0.25) is 0 Å². The number of sulfonamides is 1. The van der Waals surface area contributed by atoms with Gasteiger partial charge in [0.1, 0.15) is 0 Å². The van der Waals surface area contributed by atoms with Crippen LogP contribution in [0.5, 0.6) is 0 Å². The van der Waals surface area contributed by atoms with Crippen LogP contribution in [-0.2, 0) is 10.0 Å². The Morgan fingerprint density at radius 1 is 1.33 bits per heavy atom. The summed E-state index contributed by atoms with van der Waals surface area (Å²) in [6.07, 6.45) is 0. The zero-order valence-electron chi connectivity index (χ0n) is 10.8. The van der Waals surface area contributed by atoms with E-state index >= 15 is 0 Å². The van der Waals surface area contributed by atoms with Crippen LogP contribution in [0.15, 0.2) is 23.1 Å². The van der Waals surface area contributed by atoms with E-state index in [9.17, 15) is 8.42 Å². The van der Waals surface area contributed by atoms with Crippen molar-refractivity contribution in [1.82, 2.24) is 4.90 Å². The van der Waals surface area contributed by atoms with Crippen molar-refractivity contribution in [2.45, 2.75) is 17.9 Å². The maximum atomic E-state index is 11.3. The van der Waals surface area contributed by atoms with Crippen molar-refractivity contribution < 1.29 is 8.42 Å². The first-order valence-electron chi connectivity index (χ1n) is 5.53. The number of nitrogens with zero attached hydrogens (tertiary/aromatic N) is 1. The van der Waals surface area contributed by atoms with Gasteiger partial charge in [-0.15, -0.1) is 0 Å². The van der Waals surface area contributed by atoms with E-state index < -0.39 is 10.0 Å². The maximum absolute atomic E-state index is 11.3. The summed E-state index contributed by atoms with van der Waals surface area (Å²) in [6, 6.07) is 4.67. The van der Waals surface area contributed by atoms with Gasteiger partial charge in [-0.2, -0.15) is 0 Å². The van der Waals surface area contributed by atoms with Crippen molar-refractivity contribution in [2.75, 3.05) is 31.7 Å². The lowest BCUT2D eigenvalue weighted by molar-refractivity contribution is 0.392. The van der Waals surface area contributed by atoms with E-state index in [0.717, 1.165) is 6.54 Å². The number of benzene rings is 1. The molecule has 0 spiro atoms. The van der Waals surface area contributed by atoms with E-state index in [1.807, 2.05) is 25.9 Å². The van der Waals surface area contributed by atoms with Crippen LogP contribution in [0, 0.1) is 0 Å². The van der Waals surface area contributed by atoms with Gasteiger partial charge < -0.3 is 16.0 Å². The van der Waals surface area contributed by atoms with Crippen molar-refractivity contribution in [3.05, 3.63) is 18.2 Å². The Morgan fingerprint density at radius 3 is 2.44 bits per heavy atom. The lowest BCUT2D eigenvalue weighted by Gasteiger charge is -2.20. The smallest absolute Gasteiger partial charge is 0.238 e. The molecule has 0 bridgehead atoms. The topological polar surface area (TPSA) is 101 Å². The van der Waals surface area contributed by atoms with Crippen LogP contribution < -0.4 is 16.2 Å². The first kappa shape index (κ1) is 14.7. The number of nitrogens with two attached hydrogens (primary N) is 2. The minimum Gasteiger partial charge on any atom is -0.399 e. The van der Waals surface area contributed by atoms with Gasteiger partial charge in [0.15, 0.2) is 0 Å². The Balaban J connectivity index is 2.94. The number of nitrogens with one attached hydrogen (secondary N) is 1. The average molecular weight is 272 g/mol. The molecule has 0 amide bonds. The highest BCUT2D eigenvalue weighted by Gasteiger charge is 2.11. The number of hydrogen-bond acceptors (Lipinski definition) is 5. The minimum absolute atomic E-state index is 0.0158. The number of primary sulfonamides is 1. The predicted octanol–water partition coefficient (Wildman–Crippen LogP) is 0.278. The van der Waals surface area contributed by atoms with Gasteiger partial charge in [0.25, 0.3) is 0 Å². The Kier molecular flexibility index (Phi) is 4.55. The number of anilines is 2. The van der Waals surface area contributed by atoms with E-state index in [2.05, 4.69) is 5.32 Å². The monoisotopic (exact) mass is 272 g/mol. The molecular weight excluding hydrogens is 252 g/mol. The van der Waals surface area contributed by atoms with E-state index in [0.29, 0.717) is 11.4 Å². The number of rotatable bonds is 5. The number of nitrogen functional groups attached to an aromatic ring is 1. The largest absolute Gasteiger partial charge is 0.399 e. The summed E-state index contributed by atoms with van der Waals surface area (Å²) in [5.41, 5.74) is 6.67. The molecule has 0 aliphatic carbocycles. The normalized spacial score (nSPS) is 13.6. The summed E-state index contributed by atoms with van der Waals surface area (Å²) in [6.45, 7) is 2.82. The fourth-order valence-electron chi connectivity index (χ4n) is 1.75. The zero-order valence-corrected chi connectivity index (χ0v) is 11.7. The molecule has 1 aromatic carbocycles. The van der Waals surface area contributed by atoms with E-state index in [4.69, 9.17) is 10.9 Å². The standard InChI is InChI=1S/C11H20N4O2S/c1-8(7-15(2)3)14-10-4-9(12)5-11(6-10)18(13,16)17/h4-6,8,14H,7,12H2,1-3H3,(H2,13,16,17).